The van der Waals surface area contributed by atoms with E-state index in [1.165, 1.54) is 23.6 Å². The number of hydrogen-bond donors (Lipinski definition) is 9. The van der Waals surface area contributed by atoms with Crippen molar-refractivity contribution in [3.05, 3.63) is 0 Å². The van der Waals surface area contributed by atoms with Crippen molar-refractivity contribution < 1.29 is 72.3 Å². The maximum atomic E-state index is 14.2. The smallest absolute Gasteiger partial charge is 0.326 e. The third kappa shape index (κ3) is 24.4. The monoisotopic (exact) mass is 1000 g/mol. The molecule has 0 saturated carbocycles. The first-order valence-corrected chi connectivity index (χ1v) is 24.3. The van der Waals surface area contributed by atoms with Crippen molar-refractivity contribution in [2.24, 2.45) is 22.2 Å². The van der Waals surface area contributed by atoms with Gasteiger partial charge in [-0.05, 0) is 77.7 Å². The van der Waals surface area contributed by atoms with E-state index >= 15 is 0 Å². The summed E-state index contributed by atoms with van der Waals surface area (Å²) in [5.41, 5.74) is 16.4. The second-order valence-electron chi connectivity index (χ2n) is 16.5. The number of carboxylic acid groups (broad SMARTS) is 1. The van der Waals surface area contributed by atoms with Gasteiger partial charge < -0.3 is 77.4 Å². The van der Waals surface area contributed by atoms with Gasteiger partial charge in [-0.25, -0.2) is 4.79 Å². The topological polar surface area (TPSA) is 376 Å². The Bertz CT molecular complexity index is 1710. The van der Waals surface area contributed by atoms with Crippen LogP contribution in [0.15, 0.2) is 4.99 Å². The first kappa shape index (κ1) is 60.1. The van der Waals surface area contributed by atoms with Crippen LogP contribution in [0.1, 0.15) is 84.5 Å². The average Bonchev–Trinajstić information content (AvgIpc) is 4.01. The van der Waals surface area contributed by atoms with E-state index in [2.05, 4.69) is 26.3 Å². The minimum atomic E-state index is -1.47. The molecular weight excluding hydrogens is 929 g/mol. The molecule has 0 aromatic heterocycles. The number of aliphatic hydroxyl groups excluding tert-OH is 1. The quantitative estimate of drug-likeness (QED) is 0.0170. The van der Waals surface area contributed by atoms with Gasteiger partial charge in [-0.1, -0.05) is 11.8 Å². The van der Waals surface area contributed by atoms with Crippen LogP contribution in [0.4, 0.5) is 0 Å². The number of ketones is 1. The zero-order valence-electron chi connectivity index (χ0n) is 39.8. The fourth-order valence-corrected chi connectivity index (χ4v) is 7.79. The maximum absolute atomic E-state index is 14.2. The number of aliphatic carboxylic acids is 1. The number of nitrogens with zero attached hydrogens (tertiary/aromatic N) is 3. The molecule has 2 heterocycles. The van der Waals surface area contributed by atoms with Gasteiger partial charge in [-0.2, -0.15) is 0 Å². The summed E-state index contributed by atoms with van der Waals surface area (Å²) in [6.45, 7) is 4.36. The molecule has 2 aliphatic rings. The van der Waals surface area contributed by atoms with Gasteiger partial charge in [0.05, 0.1) is 44.9 Å². The standard InChI is InChI=1S/C43H74N10O15S/c1-28(54)37(51-35(57)26-68-24-21-65-19-8-9-30(56)25-67-23-22-66-20-16-47-36(58)27-69-29(2)55)39(60)49-31(10-3-4-14-44)40(61)53-18-7-13-34(53)41(62)52-17-6-12-33(52)38(59)50-32(42(63)64)11-5-15-48-43(45)46/h28,31-34,37,54H,3-27,44H2,1-2H3,(H,47,58)(H,49,60)(H,50,59)(H,51,57)(H,63,64)(H4,45,46,48)/t28-,31+,32+,33+,34+,37+/m1/s1. The zero-order valence-corrected chi connectivity index (χ0v) is 40.6. The number of nitrogens with two attached hydrogens (primary N) is 3. The van der Waals surface area contributed by atoms with Gasteiger partial charge in [-0.3, -0.25) is 43.3 Å². The molecule has 26 heteroatoms. The van der Waals surface area contributed by atoms with Crippen LogP contribution in [-0.2, 0) is 62.1 Å². The Balaban J connectivity index is 1.81. The fourth-order valence-electron chi connectivity index (χ4n) is 7.36. The highest BCUT2D eigenvalue weighted by Crippen LogP contribution is 2.26. The Morgan fingerprint density at radius 2 is 1.39 bits per heavy atom. The number of guanidine groups is 1. The minimum Gasteiger partial charge on any atom is -0.480 e. The minimum absolute atomic E-state index is 0.0119. The van der Waals surface area contributed by atoms with Gasteiger partial charge in [0.25, 0.3) is 0 Å². The highest BCUT2D eigenvalue weighted by molar-refractivity contribution is 8.14. The highest BCUT2D eigenvalue weighted by atomic mass is 32.2. The number of amides is 6. The lowest BCUT2D eigenvalue weighted by molar-refractivity contribution is -0.149. The number of nitrogens with one attached hydrogen (secondary N) is 4. The Kier molecular flexibility index (Phi) is 29.9. The molecule has 6 amide bonds. The van der Waals surface area contributed by atoms with E-state index in [0.29, 0.717) is 51.5 Å². The molecule has 0 unspecified atom stereocenters. The molecule has 12 N–H and O–H groups in total. The molecule has 2 rings (SSSR count). The summed E-state index contributed by atoms with van der Waals surface area (Å²) >= 11 is 0.923. The summed E-state index contributed by atoms with van der Waals surface area (Å²) in [6.07, 6.45) is 2.23. The molecule has 0 bridgehead atoms. The van der Waals surface area contributed by atoms with Crippen LogP contribution < -0.4 is 38.5 Å². The molecule has 0 radical (unpaired) electrons. The molecule has 392 valence electrons. The van der Waals surface area contributed by atoms with Crippen LogP contribution in [0, 0.1) is 0 Å². The van der Waals surface area contributed by atoms with E-state index in [-0.39, 0.29) is 127 Å². The number of hydrogen-bond acceptors (Lipinski definition) is 17. The lowest BCUT2D eigenvalue weighted by Gasteiger charge is -2.33. The van der Waals surface area contributed by atoms with Gasteiger partial charge >= 0.3 is 5.97 Å². The summed E-state index contributed by atoms with van der Waals surface area (Å²) in [7, 11) is 0. The molecular formula is C43H74N10O15S. The Labute approximate surface area is 406 Å². The lowest BCUT2D eigenvalue weighted by atomic mass is 10.0. The van der Waals surface area contributed by atoms with Crippen molar-refractivity contribution in [3.8, 4) is 0 Å². The number of carbonyl (C=O) groups excluding carboxylic acids is 8. The van der Waals surface area contributed by atoms with E-state index in [1.54, 1.807) is 0 Å². The van der Waals surface area contributed by atoms with Crippen molar-refractivity contribution >= 4 is 70.0 Å². The SMILES string of the molecule is CC(=O)SCC(=O)NCCOCCOCC(=O)CCCOCCOCC(=O)N[C@H](C(=O)N[C@@H](CCCCN)C(=O)N1CCC[C@H]1C(=O)N1CCC[C@H]1C(=O)N[C@@H](CCCN=C(N)N)C(=O)O)[C@@H](C)O. The van der Waals surface area contributed by atoms with E-state index in [9.17, 15) is 53.4 Å². The van der Waals surface area contributed by atoms with Crippen LogP contribution in [-0.4, -0.2) is 206 Å². The summed E-state index contributed by atoms with van der Waals surface area (Å²) < 4.78 is 21.5. The molecule has 0 spiro atoms. The number of unbranched alkanes of at least 4 members (excludes halogenated alkanes) is 1. The lowest BCUT2D eigenvalue weighted by Crippen LogP contribution is -2.59. The van der Waals surface area contributed by atoms with Gasteiger partial charge in [0.1, 0.15) is 43.4 Å². The molecule has 2 aliphatic heterocycles. The predicted octanol–water partition coefficient (Wildman–Crippen LogP) is -3.12. The van der Waals surface area contributed by atoms with Crippen molar-refractivity contribution in [1.82, 2.24) is 31.1 Å². The second kappa shape index (κ2) is 34.3. The summed E-state index contributed by atoms with van der Waals surface area (Å²) in [6, 6.07) is -5.77. The predicted molar refractivity (Wildman–Crippen MR) is 251 cm³/mol. The van der Waals surface area contributed by atoms with E-state index in [4.69, 9.17) is 36.1 Å². The number of aliphatic imine (C=N–C) groups is 1. The summed E-state index contributed by atoms with van der Waals surface area (Å²) in [4.78, 5) is 121. The molecule has 2 fully saturated rings. The number of Topliss-reactive ketones (excluding diaryl/α,β-unsaturated/α-hetero) is 1. The third-order valence-electron chi connectivity index (χ3n) is 10.8. The normalized spacial score (nSPS) is 17.3. The molecule has 0 aromatic carbocycles. The number of thioether (sulfide) groups is 1. The number of rotatable bonds is 36. The molecule has 2 saturated heterocycles. The number of likely N-dealkylation sites (tertiary alicyclic amines) is 2. The van der Waals surface area contributed by atoms with Crippen molar-refractivity contribution in [2.75, 3.05) is 91.3 Å². The molecule has 0 aromatic rings. The fraction of sp³-hybridized carbons (Fsp3) is 0.767. The van der Waals surface area contributed by atoms with Crippen molar-refractivity contribution in [3.63, 3.8) is 0 Å². The van der Waals surface area contributed by atoms with Crippen molar-refractivity contribution in [2.45, 2.75) is 121 Å². The van der Waals surface area contributed by atoms with E-state index in [1.807, 2.05) is 0 Å². The molecule has 69 heavy (non-hydrogen) atoms. The maximum Gasteiger partial charge on any atom is 0.326 e. The molecule has 0 aliphatic carbocycles. The van der Waals surface area contributed by atoms with Gasteiger partial charge in [0.15, 0.2) is 16.9 Å². The second-order valence-corrected chi connectivity index (χ2v) is 17.6. The van der Waals surface area contributed by atoms with E-state index in [0.717, 1.165) is 11.8 Å². The third-order valence-corrected chi connectivity index (χ3v) is 11.6. The van der Waals surface area contributed by atoms with Gasteiger partial charge in [-0.15, -0.1) is 0 Å². The first-order chi connectivity index (χ1) is 33.0. The van der Waals surface area contributed by atoms with Crippen LogP contribution in [0.25, 0.3) is 0 Å². The highest BCUT2D eigenvalue weighted by Gasteiger charge is 2.44. The number of ether oxygens (including phenoxy) is 4. The largest absolute Gasteiger partial charge is 0.480 e. The summed E-state index contributed by atoms with van der Waals surface area (Å²) in [5, 5.41) is 30.4. The van der Waals surface area contributed by atoms with E-state index < -0.39 is 78.4 Å². The number of carbonyl (C=O) groups is 9. The number of carboxylic acids is 1. The average molecular weight is 1000 g/mol. The Morgan fingerprint density at radius 1 is 0.754 bits per heavy atom. The Morgan fingerprint density at radius 3 is 2.04 bits per heavy atom. The van der Waals surface area contributed by atoms with Crippen LogP contribution in [0.5, 0.6) is 0 Å². The molecule has 6 atom stereocenters. The van der Waals surface area contributed by atoms with Crippen LogP contribution in [0.3, 0.4) is 0 Å². The molecule has 25 nitrogen and oxygen atoms in total. The van der Waals surface area contributed by atoms with Crippen LogP contribution >= 0.6 is 11.8 Å². The van der Waals surface area contributed by atoms with Gasteiger partial charge in [0, 0.05) is 46.1 Å². The number of aliphatic hydroxyl groups is 1. The first-order valence-electron chi connectivity index (χ1n) is 23.4. The van der Waals surface area contributed by atoms with Crippen molar-refractivity contribution in [1.29, 1.82) is 0 Å². The van der Waals surface area contributed by atoms with Gasteiger partial charge in [0.2, 0.25) is 35.4 Å². The van der Waals surface area contributed by atoms with Crippen LogP contribution in [0.2, 0.25) is 0 Å². The zero-order chi connectivity index (χ0) is 51.1. The Hall–Kier alpha value is -4.99. The summed E-state index contributed by atoms with van der Waals surface area (Å²) in [5.74, 6) is -4.95.